The number of nitrogens with zero attached hydrogens (tertiary/aromatic N) is 2. The Morgan fingerprint density at radius 3 is 2.23 bits per heavy atom. The number of carbonyl (C=O) groups is 1. The molecule has 0 aliphatic heterocycles. The van der Waals surface area contributed by atoms with Crippen molar-refractivity contribution in [3.8, 4) is 16.9 Å². The molecular formula is C23H27Cl2N3O2. The van der Waals surface area contributed by atoms with Crippen LogP contribution >= 0.6 is 24.8 Å². The smallest absolute Gasteiger partial charge is 0.255 e. The van der Waals surface area contributed by atoms with Crippen molar-refractivity contribution >= 4 is 36.4 Å². The molecule has 30 heavy (non-hydrogen) atoms. The molecule has 0 unspecified atom stereocenters. The van der Waals surface area contributed by atoms with E-state index in [1.807, 2.05) is 50.5 Å². The number of pyridine rings is 1. The van der Waals surface area contributed by atoms with Crippen LogP contribution in [0.4, 0.5) is 5.69 Å². The van der Waals surface area contributed by atoms with Crippen molar-refractivity contribution < 1.29 is 9.90 Å². The third kappa shape index (κ3) is 7.02. The van der Waals surface area contributed by atoms with E-state index in [9.17, 15) is 9.90 Å². The second kappa shape index (κ2) is 12.2. The van der Waals surface area contributed by atoms with Crippen LogP contribution in [0.2, 0.25) is 0 Å². The number of phenols is 1. The monoisotopic (exact) mass is 447 g/mol. The Morgan fingerprint density at radius 1 is 0.967 bits per heavy atom. The molecule has 1 aromatic heterocycles. The van der Waals surface area contributed by atoms with E-state index >= 15 is 0 Å². The van der Waals surface area contributed by atoms with Crippen molar-refractivity contribution in [1.29, 1.82) is 0 Å². The van der Waals surface area contributed by atoms with Crippen LogP contribution in [-0.2, 0) is 6.42 Å². The molecule has 0 radical (unpaired) electrons. The number of hydrogen-bond donors (Lipinski definition) is 2. The fourth-order valence-electron chi connectivity index (χ4n) is 3.01. The molecule has 2 aromatic carbocycles. The summed E-state index contributed by atoms with van der Waals surface area (Å²) in [6, 6.07) is 16.6. The molecule has 160 valence electrons. The molecule has 0 saturated heterocycles. The first-order valence-electron chi connectivity index (χ1n) is 9.31. The van der Waals surface area contributed by atoms with Gasteiger partial charge in [0.2, 0.25) is 0 Å². The predicted molar refractivity (Wildman–Crippen MR) is 127 cm³/mol. The lowest BCUT2D eigenvalue weighted by Gasteiger charge is -2.11. The number of aromatic hydroxyl groups is 1. The first-order valence-corrected chi connectivity index (χ1v) is 9.31. The summed E-state index contributed by atoms with van der Waals surface area (Å²) >= 11 is 0. The van der Waals surface area contributed by atoms with E-state index in [2.05, 4.69) is 15.2 Å². The molecule has 1 heterocycles. The quantitative estimate of drug-likeness (QED) is 0.531. The summed E-state index contributed by atoms with van der Waals surface area (Å²) in [4.78, 5) is 18.7. The fourth-order valence-corrected chi connectivity index (χ4v) is 3.01. The molecule has 0 fully saturated rings. The van der Waals surface area contributed by atoms with Gasteiger partial charge in [-0.05, 0) is 92.6 Å². The number of benzene rings is 2. The van der Waals surface area contributed by atoms with E-state index in [1.165, 1.54) is 0 Å². The standard InChI is InChI=1S/C23H25N3O2.2ClH/c1-26(2)15-3-4-19-16-20(7-10-22(19)27)23(28)25-21-8-5-17(6-9-21)18-11-13-24-14-12-18;;/h5-14,16,27H,3-4,15H2,1-2H3,(H,25,28);2*1H. The average molecular weight is 448 g/mol. The molecular weight excluding hydrogens is 421 g/mol. The highest BCUT2D eigenvalue weighted by Gasteiger charge is 2.10. The van der Waals surface area contributed by atoms with Crippen LogP contribution in [0.1, 0.15) is 22.3 Å². The molecule has 0 spiro atoms. The summed E-state index contributed by atoms with van der Waals surface area (Å²) < 4.78 is 0. The molecule has 2 N–H and O–H groups in total. The second-order valence-corrected chi connectivity index (χ2v) is 7.02. The van der Waals surface area contributed by atoms with Crippen LogP contribution in [0.3, 0.4) is 0 Å². The first-order chi connectivity index (χ1) is 13.5. The zero-order valence-electron chi connectivity index (χ0n) is 17.0. The molecule has 0 aliphatic carbocycles. The number of hydrogen-bond acceptors (Lipinski definition) is 4. The van der Waals surface area contributed by atoms with Gasteiger partial charge in [-0.1, -0.05) is 12.1 Å². The van der Waals surface area contributed by atoms with E-state index in [4.69, 9.17) is 0 Å². The minimum absolute atomic E-state index is 0. The summed E-state index contributed by atoms with van der Waals surface area (Å²) in [5, 5.41) is 13.0. The van der Waals surface area contributed by atoms with E-state index in [1.54, 1.807) is 30.6 Å². The molecule has 0 bridgehead atoms. The lowest BCUT2D eigenvalue weighted by molar-refractivity contribution is 0.102. The van der Waals surface area contributed by atoms with Gasteiger partial charge in [0, 0.05) is 23.6 Å². The number of nitrogens with one attached hydrogen (secondary N) is 1. The number of carbonyl (C=O) groups excluding carboxylic acids is 1. The van der Waals surface area contributed by atoms with E-state index in [0.29, 0.717) is 5.56 Å². The van der Waals surface area contributed by atoms with Gasteiger partial charge in [0.25, 0.3) is 5.91 Å². The van der Waals surface area contributed by atoms with Crippen molar-refractivity contribution in [3.63, 3.8) is 0 Å². The van der Waals surface area contributed by atoms with Crippen molar-refractivity contribution in [2.75, 3.05) is 26.0 Å². The zero-order chi connectivity index (χ0) is 19.9. The normalized spacial score (nSPS) is 10.1. The van der Waals surface area contributed by atoms with Gasteiger partial charge in [0.15, 0.2) is 0 Å². The van der Waals surface area contributed by atoms with Crippen LogP contribution in [0, 0.1) is 0 Å². The molecule has 5 nitrogen and oxygen atoms in total. The zero-order valence-corrected chi connectivity index (χ0v) is 18.7. The Kier molecular flexibility index (Phi) is 10.3. The average Bonchev–Trinajstić information content (AvgIpc) is 2.70. The van der Waals surface area contributed by atoms with Crippen LogP contribution < -0.4 is 5.32 Å². The molecule has 7 heteroatoms. The third-order valence-corrected chi connectivity index (χ3v) is 4.55. The van der Waals surface area contributed by atoms with Crippen LogP contribution in [0.25, 0.3) is 11.1 Å². The number of amides is 1. The SMILES string of the molecule is CN(C)CCCc1cc(C(=O)Nc2ccc(-c3ccncc3)cc2)ccc1O.Cl.Cl. The summed E-state index contributed by atoms with van der Waals surface area (Å²) in [6.45, 7) is 0.930. The van der Waals surface area contributed by atoms with Gasteiger partial charge in [-0.25, -0.2) is 0 Å². The summed E-state index contributed by atoms with van der Waals surface area (Å²) in [5.74, 6) is 0.0440. The van der Waals surface area contributed by atoms with Gasteiger partial charge in [0.1, 0.15) is 5.75 Å². The maximum absolute atomic E-state index is 12.6. The topological polar surface area (TPSA) is 65.5 Å². The summed E-state index contributed by atoms with van der Waals surface area (Å²) in [7, 11) is 4.04. The molecule has 0 saturated carbocycles. The van der Waals surface area contributed by atoms with Crippen molar-refractivity contribution in [1.82, 2.24) is 9.88 Å². The molecule has 3 rings (SSSR count). The van der Waals surface area contributed by atoms with Gasteiger partial charge in [-0.15, -0.1) is 24.8 Å². The van der Waals surface area contributed by atoms with Gasteiger partial charge in [-0.3, -0.25) is 9.78 Å². The highest BCUT2D eigenvalue weighted by molar-refractivity contribution is 6.04. The van der Waals surface area contributed by atoms with E-state index < -0.39 is 0 Å². The Balaban J connectivity index is 0.00000225. The minimum Gasteiger partial charge on any atom is -0.508 e. The Labute approximate surface area is 190 Å². The lowest BCUT2D eigenvalue weighted by Crippen LogP contribution is -2.14. The van der Waals surface area contributed by atoms with Crippen molar-refractivity contribution in [2.24, 2.45) is 0 Å². The summed E-state index contributed by atoms with van der Waals surface area (Å²) in [6.07, 6.45) is 5.16. The molecule has 1 amide bonds. The van der Waals surface area contributed by atoms with Gasteiger partial charge >= 0.3 is 0 Å². The number of anilines is 1. The number of halogens is 2. The number of phenolic OH excluding ortho intramolecular Hbond substituents is 1. The Bertz CT molecular complexity index is 933. The van der Waals surface area contributed by atoms with E-state index in [0.717, 1.165) is 41.8 Å². The highest BCUT2D eigenvalue weighted by Crippen LogP contribution is 2.23. The van der Waals surface area contributed by atoms with Gasteiger partial charge in [-0.2, -0.15) is 0 Å². The van der Waals surface area contributed by atoms with Crippen LogP contribution in [-0.4, -0.2) is 41.5 Å². The Morgan fingerprint density at radius 2 is 1.60 bits per heavy atom. The van der Waals surface area contributed by atoms with Gasteiger partial charge < -0.3 is 15.3 Å². The first kappa shape index (κ1) is 25.4. The lowest BCUT2D eigenvalue weighted by atomic mass is 10.0. The minimum atomic E-state index is -0.189. The second-order valence-electron chi connectivity index (χ2n) is 7.02. The summed E-state index contributed by atoms with van der Waals surface area (Å²) in [5.41, 5.74) is 4.20. The maximum atomic E-state index is 12.6. The highest BCUT2D eigenvalue weighted by atomic mass is 35.5. The number of rotatable bonds is 7. The fraction of sp³-hybridized carbons (Fsp3) is 0.217. The Hall–Kier alpha value is -2.60. The number of aromatic nitrogens is 1. The van der Waals surface area contributed by atoms with Crippen LogP contribution in [0.5, 0.6) is 5.75 Å². The maximum Gasteiger partial charge on any atom is 0.255 e. The molecule has 0 aliphatic rings. The van der Waals surface area contributed by atoms with E-state index in [-0.39, 0.29) is 36.5 Å². The molecule has 0 atom stereocenters. The van der Waals surface area contributed by atoms with Gasteiger partial charge in [0.05, 0.1) is 0 Å². The predicted octanol–water partition coefficient (Wildman–Crippen LogP) is 5.04. The van der Waals surface area contributed by atoms with Crippen molar-refractivity contribution in [2.45, 2.75) is 12.8 Å². The third-order valence-electron chi connectivity index (χ3n) is 4.55. The molecule has 3 aromatic rings. The largest absolute Gasteiger partial charge is 0.508 e. The van der Waals surface area contributed by atoms with Crippen molar-refractivity contribution in [3.05, 3.63) is 78.1 Å². The number of aryl methyl sites for hydroxylation is 1. The van der Waals surface area contributed by atoms with Crippen LogP contribution in [0.15, 0.2) is 67.0 Å².